The highest BCUT2D eigenvalue weighted by Crippen LogP contribution is 2.26. The summed E-state index contributed by atoms with van der Waals surface area (Å²) in [5, 5.41) is 3.53. The van der Waals surface area contributed by atoms with Gasteiger partial charge in [-0.15, -0.1) is 0 Å². The van der Waals surface area contributed by atoms with E-state index in [0.29, 0.717) is 6.04 Å². The molecule has 110 valence electrons. The highest BCUT2D eigenvalue weighted by Gasteiger charge is 2.25. The van der Waals surface area contributed by atoms with Crippen molar-refractivity contribution in [2.45, 2.75) is 65.1 Å². The van der Waals surface area contributed by atoms with E-state index in [2.05, 4.69) is 36.0 Å². The van der Waals surface area contributed by atoms with Crippen LogP contribution in [0.3, 0.4) is 0 Å². The van der Waals surface area contributed by atoms with E-state index in [0.717, 1.165) is 36.7 Å². The van der Waals surface area contributed by atoms with Crippen molar-refractivity contribution in [3.63, 3.8) is 0 Å². The third-order valence-corrected chi connectivity index (χ3v) is 4.62. The van der Waals surface area contributed by atoms with E-state index in [1.54, 1.807) is 0 Å². The molecule has 2 atom stereocenters. The van der Waals surface area contributed by atoms with Crippen LogP contribution in [0.15, 0.2) is 6.20 Å². The number of rotatable bonds is 4. The van der Waals surface area contributed by atoms with Gasteiger partial charge < -0.3 is 10.2 Å². The molecule has 20 heavy (non-hydrogen) atoms. The molecule has 1 saturated carbocycles. The molecule has 0 amide bonds. The van der Waals surface area contributed by atoms with Crippen LogP contribution < -0.4 is 10.2 Å². The standard InChI is InChI=1S/C16H26N4/c1-11-6-7-20(12(2)8-11)16-18-10-14(13(3)19-16)9-17-15-4-5-15/h10-12,15,17H,4-9H2,1-3H3. The van der Waals surface area contributed by atoms with Gasteiger partial charge in [-0.1, -0.05) is 6.92 Å². The summed E-state index contributed by atoms with van der Waals surface area (Å²) in [5.74, 6) is 1.74. The number of anilines is 1. The van der Waals surface area contributed by atoms with Crippen molar-refractivity contribution in [3.8, 4) is 0 Å². The molecule has 0 radical (unpaired) electrons. The summed E-state index contributed by atoms with van der Waals surface area (Å²) < 4.78 is 0. The fourth-order valence-electron chi connectivity index (χ4n) is 3.04. The number of hydrogen-bond acceptors (Lipinski definition) is 4. The second-order valence-corrected chi connectivity index (χ2v) is 6.61. The normalized spacial score (nSPS) is 26.9. The van der Waals surface area contributed by atoms with Crippen LogP contribution in [0, 0.1) is 12.8 Å². The lowest BCUT2D eigenvalue weighted by atomic mass is 9.94. The predicted octanol–water partition coefficient (Wildman–Crippen LogP) is 2.66. The Bertz CT molecular complexity index is 470. The van der Waals surface area contributed by atoms with Crippen molar-refractivity contribution in [3.05, 3.63) is 17.5 Å². The van der Waals surface area contributed by atoms with E-state index in [1.807, 2.05) is 6.20 Å². The molecular formula is C16H26N4. The smallest absolute Gasteiger partial charge is 0.225 e. The van der Waals surface area contributed by atoms with Crippen LogP contribution in [-0.2, 0) is 6.54 Å². The SMILES string of the molecule is Cc1nc(N2CCC(C)CC2C)ncc1CNC1CC1. The first-order chi connectivity index (χ1) is 9.63. The van der Waals surface area contributed by atoms with Gasteiger partial charge in [-0.05, 0) is 45.4 Å². The lowest BCUT2D eigenvalue weighted by Crippen LogP contribution is -2.41. The lowest BCUT2D eigenvalue weighted by molar-refractivity contribution is 0.373. The van der Waals surface area contributed by atoms with Crippen LogP contribution in [-0.4, -0.2) is 28.6 Å². The monoisotopic (exact) mass is 274 g/mol. The molecule has 0 spiro atoms. The maximum atomic E-state index is 4.75. The summed E-state index contributed by atoms with van der Waals surface area (Å²) in [6.45, 7) is 8.72. The average molecular weight is 274 g/mol. The van der Waals surface area contributed by atoms with Crippen molar-refractivity contribution in [2.24, 2.45) is 5.92 Å². The fourth-order valence-corrected chi connectivity index (χ4v) is 3.04. The van der Waals surface area contributed by atoms with Gasteiger partial charge in [0.25, 0.3) is 0 Å². The maximum absolute atomic E-state index is 4.75. The number of aromatic nitrogens is 2. The van der Waals surface area contributed by atoms with Crippen LogP contribution in [0.4, 0.5) is 5.95 Å². The third-order valence-electron chi connectivity index (χ3n) is 4.62. The Balaban J connectivity index is 1.68. The van der Waals surface area contributed by atoms with Crippen LogP contribution in [0.2, 0.25) is 0 Å². The van der Waals surface area contributed by atoms with Crippen LogP contribution in [0.5, 0.6) is 0 Å². The zero-order chi connectivity index (χ0) is 14.1. The first kappa shape index (κ1) is 13.8. The van der Waals surface area contributed by atoms with Gasteiger partial charge in [0.05, 0.1) is 0 Å². The molecule has 1 aromatic heterocycles. The van der Waals surface area contributed by atoms with Gasteiger partial charge in [-0.3, -0.25) is 0 Å². The van der Waals surface area contributed by atoms with Gasteiger partial charge in [-0.2, -0.15) is 0 Å². The summed E-state index contributed by atoms with van der Waals surface area (Å²) in [7, 11) is 0. The molecule has 0 bridgehead atoms. The minimum Gasteiger partial charge on any atom is -0.338 e. The molecule has 2 aliphatic rings. The molecule has 2 heterocycles. The van der Waals surface area contributed by atoms with E-state index in [-0.39, 0.29) is 0 Å². The molecule has 1 aliphatic carbocycles. The summed E-state index contributed by atoms with van der Waals surface area (Å²) >= 11 is 0. The van der Waals surface area contributed by atoms with E-state index in [1.165, 1.54) is 31.2 Å². The molecule has 1 saturated heterocycles. The minimum atomic E-state index is 0.550. The number of hydrogen-bond donors (Lipinski definition) is 1. The zero-order valence-electron chi connectivity index (χ0n) is 12.9. The molecule has 3 rings (SSSR count). The van der Waals surface area contributed by atoms with Crippen molar-refractivity contribution in [1.29, 1.82) is 0 Å². The molecule has 4 heteroatoms. The summed E-state index contributed by atoms with van der Waals surface area (Å²) in [6.07, 6.45) is 7.14. The Morgan fingerprint density at radius 2 is 2.10 bits per heavy atom. The number of piperidine rings is 1. The van der Waals surface area contributed by atoms with Crippen LogP contribution in [0.25, 0.3) is 0 Å². The predicted molar refractivity (Wildman–Crippen MR) is 81.8 cm³/mol. The third kappa shape index (κ3) is 3.11. The van der Waals surface area contributed by atoms with Gasteiger partial charge >= 0.3 is 0 Å². The molecular weight excluding hydrogens is 248 g/mol. The Kier molecular flexibility index (Phi) is 3.92. The van der Waals surface area contributed by atoms with Gasteiger partial charge in [0.15, 0.2) is 0 Å². The number of nitrogens with one attached hydrogen (secondary N) is 1. The largest absolute Gasteiger partial charge is 0.338 e. The van der Waals surface area contributed by atoms with E-state index < -0.39 is 0 Å². The molecule has 2 unspecified atom stereocenters. The Hall–Kier alpha value is -1.16. The molecule has 1 N–H and O–H groups in total. The fraction of sp³-hybridized carbons (Fsp3) is 0.750. The number of nitrogens with zero attached hydrogens (tertiary/aromatic N) is 3. The number of aryl methyl sites for hydroxylation is 1. The quantitative estimate of drug-likeness (QED) is 0.916. The van der Waals surface area contributed by atoms with Gasteiger partial charge in [-0.25, -0.2) is 9.97 Å². The maximum Gasteiger partial charge on any atom is 0.225 e. The molecule has 1 aromatic rings. The Labute approximate surface area is 122 Å². The summed E-state index contributed by atoms with van der Waals surface area (Å²) in [4.78, 5) is 11.7. The van der Waals surface area contributed by atoms with Crippen molar-refractivity contribution < 1.29 is 0 Å². The minimum absolute atomic E-state index is 0.550. The first-order valence-corrected chi connectivity index (χ1v) is 7.96. The second-order valence-electron chi connectivity index (χ2n) is 6.61. The van der Waals surface area contributed by atoms with Crippen molar-refractivity contribution in [2.75, 3.05) is 11.4 Å². The Morgan fingerprint density at radius 3 is 2.75 bits per heavy atom. The van der Waals surface area contributed by atoms with E-state index >= 15 is 0 Å². The first-order valence-electron chi connectivity index (χ1n) is 7.96. The average Bonchev–Trinajstić information content (AvgIpc) is 3.21. The Morgan fingerprint density at radius 1 is 1.30 bits per heavy atom. The summed E-state index contributed by atoms with van der Waals surface area (Å²) in [5.41, 5.74) is 2.35. The van der Waals surface area contributed by atoms with Gasteiger partial charge in [0, 0.05) is 42.6 Å². The molecule has 4 nitrogen and oxygen atoms in total. The van der Waals surface area contributed by atoms with E-state index in [4.69, 9.17) is 4.98 Å². The molecule has 0 aromatic carbocycles. The van der Waals surface area contributed by atoms with Crippen molar-refractivity contribution >= 4 is 5.95 Å². The zero-order valence-corrected chi connectivity index (χ0v) is 12.9. The van der Waals surface area contributed by atoms with Gasteiger partial charge in [0.2, 0.25) is 5.95 Å². The summed E-state index contributed by atoms with van der Waals surface area (Å²) in [6, 6.07) is 1.28. The van der Waals surface area contributed by atoms with Crippen LogP contribution in [0.1, 0.15) is 50.8 Å². The topological polar surface area (TPSA) is 41.1 Å². The molecule has 1 aliphatic heterocycles. The highest BCUT2D eigenvalue weighted by atomic mass is 15.3. The van der Waals surface area contributed by atoms with Crippen molar-refractivity contribution in [1.82, 2.24) is 15.3 Å². The van der Waals surface area contributed by atoms with Gasteiger partial charge in [0.1, 0.15) is 0 Å². The highest BCUT2D eigenvalue weighted by molar-refractivity contribution is 5.35. The van der Waals surface area contributed by atoms with Crippen LogP contribution >= 0.6 is 0 Å². The molecule has 2 fully saturated rings. The van der Waals surface area contributed by atoms with E-state index in [9.17, 15) is 0 Å². The lowest BCUT2D eigenvalue weighted by Gasteiger charge is -2.36. The second kappa shape index (κ2) is 5.68.